The first kappa shape index (κ1) is 14.2. The van der Waals surface area contributed by atoms with Gasteiger partial charge in [0.2, 0.25) is 0 Å². The average molecular weight is 312 g/mol. The highest BCUT2D eigenvalue weighted by Crippen LogP contribution is 2.20. The molecule has 2 aromatic carbocycles. The number of para-hydroxylation sites is 1. The Morgan fingerprint density at radius 3 is 2.41 bits per heavy atom. The van der Waals surface area contributed by atoms with Gasteiger partial charge < -0.3 is 11.5 Å². The lowest BCUT2D eigenvalue weighted by atomic mass is 10.2. The molecule has 22 heavy (non-hydrogen) atoms. The van der Waals surface area contributed by atoms with Gasteiger partial charge in [0.1, 0.15) is 11.7 Å². The molecule has 0 unspecified atom stereocenters. The van der Waals surface area contributed by atoms with E-state index in [-0.39, 0.29) is 0 Å². The summed E-state index contributed by atoms with van der Waals surface area (Å²) in [4.78, 5) is 4.34. The molecule has 0 aliphatic rings. The van der Waals surface area contributed by atoms with E-state index in [0.29, 0.717) is 27.9 Å². The Morgan fingerprint density at radius 1 is 1.05 bits per heavy atom. The minimum absolute atomic E-state index is 0.307. The summed E-state index contributed by atoms with van der Waals surface area (Å²) < 4.78 is 1.62. The fraction of sp³-hybridized carbons (Fsp3) is 0. The summed E-state index contributed by atoms with van der Waals surface area (Å²) >= 11 is 5.85. The first-order chi connectivity index (χ1) is 10.6. The van der Waals surface area contributed by atoms with Crippen LogP contribution in [0.1, 0.15) is 5.56 Å². The first-order valence-electron chi connectivity index (χ1n) is 6.64. The van der Waals surface area contributed by atoms with E-state index < -0.39 is 0 Å². The maximum atomic E-state index is 6.13. The van der Waals surface area contributed by atoms with Crippen LogP contribution in [0.3, 0.4) is 0 Å². The molecule has 0 spiro atoms. The van der Waals surface area contributed by atoms with E-state index in [1.165, 1.54) is 0 Å². The Labute approximate surface area is 132 Å². The maximum Gasteiger partial charge on any atom is 0.138 e. The van der Waals surface area contributed by atoms with Crippen molar-refractivity contribution in [1.29, 1.82) is 0 Å². The van der Waals surface area contributed by atoms with Crippen LogP contribution in [0.2, 0.25) is 5.02 Å². The maximum absolute atomic E-state index is 6.13. The van der Waals surface area contributed by atoms with E-state index in [4.69, 9.17) is 23.1 Å². The van der Waals surface area contributed by atoms with Crippen molar-refractivity contribution in [1.82, 2.24) is 9.78 Å². The first-order valence-corrected chi connectivity index (χ1v) is 7.02. The summed E-state index contributed by atoms with van der Waals surface area (Å²) in [5.74, 6) is 0.753. The van der Waals surface area contributed by atoms with Gasteiger partial charge in [0.05, 0.1) is 23.1 Å². The second-order valence-corrected chi connectivity index (χ2v) is 5.10. The van der Waals surface area contributed by atoms with Crippen molar-refractivity contribution in [3.05, 3.63) is 71.4 Å². The molecule has 5 nitrogen and oxygen atoms in total. The van der Waals surface area contributed by atoms with Crippen LogP contribution >= 0.6 is 11.6 Å². The quantitative estimate of drug-likeness (QED) is 0.576. The molecule has 110 valence electrons. The lowest BCUT2D eigenvalue weighted by Gasteiger charge is -2.05. The topological polar surface area (TPSA) is 82.2 Å². The molecule has 0 saturated carbocycles. The number of hydrogen-bond donors (Lipinski definition) is 2. The third kappa shape index (κ3) is 2.80. The van der Waals surface area contributed by atoms with Gasteiger partial charge in [-0.3, -0.25) is 0 Å². The molecule has 0 saturated heterocycles. The van der Waals surface area contributed by atoms with E-state index in [1.54, 1.807) is 35.1 Å². The predicted octanol–water partition coefficient (Wildman–Crippen LogP) is 3.14. The van der Waals surface area contributed by atoms with Gasteiger partial charge in [0, 0.05) is 5.02 Å². The zero-order chi connectivity index (χ0) is 15.5. The van der Waals surface area contributed by atoms with Crippen LogP contribution in [-0.4, -0.2) is 15.6 Å². The molecule has 0 atom stereocenters. The van der Waals surface area contributed by atoms with E-state index in [2.05, 4.69) is 10.1 Å². The number of aromatic nitrogens is 2. The second kappa shape index (κ2) is 5.91. The molecule has 4 N–H and O–H groups in total. The molecule has 0 aliphatic carbocycles. The van der Waals surface area contributed by atoms with Crippen LogP contribution in [0, 0.1) is 0 Å². The van der Waals surface area contributed by atoms with Gasteiger partial charge in [0.15, 0.2) is 0 Å². The smallest absolute Gasteiger partial charge is 0.138 e. The van der Waals surface area contributed by atoms with Gasteiger partial charge in [0.25, 0.3) is 0 Å². The van der Waals surface area contributed by atoms with Gasteiger partial charge in [-0.15, -0.1) is 0 Å². The number of benzene rings is 2. The molecular formula is C16H14ClN5. The molecule has 0 bridgehead atoms. The van der Waals surface area contributed by atoms with Gasteiger partial charge in [-0.25, -0.2) is 9.67 Å². The number of aliphatic imine (C=N–C) groups is 1. The Kier molecular flexibility index (Phi) is 3.80. The van der Waals surface area contributed by atoms with Crippen molar-refractivity contribution in [3.63, 3.8) is 0 Å². The number of halogens is 1. The Balaban J connectivity index is 1.95. The highest BCUT2D eigenvalue weighted by atomic mass is 35.5. The largest absolute Gasteiger partial charge is 0.383 e. The normalized spacial score (nSPS) is 11.6. The Morgan fingerprint density at radius 2 is 1.73 bits per heavy atom. The summed E-state index contributed by atoms with van der Waals surface area (Å²) in [5, 5.41) is 4.92. The molecule has 0 aliphatic heterocycles. The highest BCUT2D eigenvalue weighted by Gasteiger charge is 2.12. The Bertz CT molecular complexity index is 806. The number of amidine groups is 1. The van der Waals surface area contributed by atoms with Crippen LogP contribution in [0.5, 0.6) is 0 Å². The summed E-state index contributed by atoms with van der Waals surface area (Å²) in [6.07, 6.45) is 1.61. The summed E-state index contributed by atoms with van der Waals surface area (Å²) in [7, 11) is 0. The van der Waals surface area contributed by atoms with Crippen LogP contribution < -0.4 is 11.5 Å². The predicted molar refractivity (Wildman–Crippen MR) is 89.8 cm³/mol. The van der Waals surface area contributed by atoms with Gasteiger partial charge in [-0.05, 0) is 36.4 Å². The highest BCUT2D eigenvalue weighted by molar-refractivity contribution is 6.30. The zero-order valence-corrected chi connectivity index (χ0v) is 12.4. The monoisotopic (exact) mass is 311 g/mol. The molecule has 1 aromatic heterocycles. The van der Waals surface area contributed by atoms with Gasteiger partial charge in [-0.2, -0.15) is 5.10 Å². The molecule has 0 fully saturated rings. The SMILES string of the molecule is NC(=Nc1ccc(Cl)cc1)c1cnn(-c2ccccc2)c1N. The molecule has 0 radical (unpaired) electrons. The molecule has 3 aromatic rings. The van der Waals surface area contributed by atoms with Gasteiger partial charge >= 0.3 is 0 Å². The zero-order valence-electron chi connectivity index (χ0n) is 11.6. The van der Waals surface area contributed by atoms with E-state index in [1.807, 2.05) is 30.3 Å². The van der Waals surface area contributed by atoms with Crippen LogP contribution in [0.25, 0.3) is 5.69 Å². The van der Waals surface area contributed by atoms with Crippen molar-refractivity contribution in [2.45, 2.75) is 0 Å². The third-order valence-electron chi connectivity index (χ3n) is 3.16. The standard InChI is InChI=1S/C16H14ClN5/c17-11-6-8-12(9-7-11)21-15(18)14-10-20-22(16(14)19)13-4-2-1-3-5-13/h1-10H,19H2,(H2,18,21). The summed E-state index contributed by atoms with van der Waals surface area (Å²) in [5.41, 5.74) is 14.3. The number of anilines is 1. The number of nitrogens with two attached hydrogens (primary N) is 2. The molecule has 1 heterocycles. The minimum Gasteiger partial charge on any atom is -0.383 e. The lowest BCUT2D eigenvalue weighted by Crippen LogP contribution is -2.15. The number of nitrogen functional groups attached to an aromatic ring is 1. The molecule has 6 heteroatoms. The second-order valence-electron chi connectivity index (χ2n) is 4.66. The van der Waals surface area contributed by atoms with E-state index >= 15 is 0 Å². The van der Waals surface area contributed by atoms with Crippen molar-refractivity contribution in [2.75, 3.05) is 5.73 Å². The van der Waals surface area contributed by atoms with Gasteiger partial charge in [-0.1, -0.05) is 29.8 Å². The summed E-state index contributed by atoms with van der Waals surface area (Å²) in [6.45, 7) is 0. The fourth-order valence-corrected chi connectivity index (χ4v) is 2.17. The molecular weight excluding hydrogens is 298 g/mol. The van der Waals surface area contributed by atoms with Crippen molar-refractivity contribution < 1.29 is 0 Å². The van der Waals surface area contributed by atoms with Crippen molar-refractivity contribution in [2.24, 2.45) is 10.7 Å². The minimum atomic E-state index is 0.307. The number of nitrogens with zero attached hydrogens (tertiary/aromatic N) is 3. The Hall–Kier alpha value is -2.79. The van der Waals surface area contributed by atoms with Crippen LogP contribution in [0.15, 0.2) is 65.8 Å². The van der Waals surface area contributed by atoms with E-state index in [0.717, 1.165) is 5.69 Å². The number of rotatable bonds is 3. The van der Waals surface area contributed by atoms with Crippen molar-refractivity contribution >= 4 is 28.9 Å². The van der Waals surface area contributed by atoms with Crippen LogP contribution in [0.4, 0.5) is 11.5 Å². The average Bonchev–Trinajstić information content (AvgIpc) is 2.92. The molecule has 3 rings (SSSR count). The van der Waals surface area contributed by atoms with Crippen molar-refractivity contribution in [3.8, 4) is 5.69 Å². The summed E-state index contributed by atoms with van der Waals surface area (Å²) in [6, 6.07) is 16.7. The lowest BCUT2D eigenvalue weighted by molar-refractivity contribution is 0.891. The van der Waals surface area contributed by atoms with Crippen LogP contribution in [-0.2, 0) is 0 Å². The fourth-order valence-electron chi connectivity index (χ4n) is 2.05. The number of hydrogen-bond acceptors (Lipinski definition) is 3. The third-order valence-corrected chi connectivity index (χ3v) is 3.41. The van der Waals surface area contributed by atoms with E-state index in [9.17, 15) is 0 Å². The molecule has 0 amide bonds.